The number of rotatable bonds is 7. The average Bonchev–Trinajstić information content (AvgIpc) is 3.08. The van der Waals surface area contributed by atoms with E-state index in [9.17, 15) is 14.0 Å². The number of amides is 2. The number of benzene rings is 2. The van der Waals surface area contributed by atoms with E-state index in [1.54, 1.807) is 41.3 Å². The second kappa shape index (κ2) is 8.47. The molecule has 1 aliphatic heterocycles. The Kier molecular flexibility index (Phi) is 5.84. The molecule has 1 saturated heterocycles. The molecule has 2 aromatic carbocycles. The number of nitrogens with one attached hydrogen (secondary N) is 1. The fraction of sp³-hybridized carbons (Fsp3) is 0.300. The molecule has 0 atom stereocenters. The van der Waals surface area contributed by atoms with Crippen LogP contribution in [0, 0.1) is 5.82 Å². The van der Waals surface area contributed by atoms with Crippen molar-refractivity contribution in [1.29, 1.82) is 0 Å². The van der Waals surface area contributed by atoms with Gasteiger partial charge in [-0.1, -0.05) is 24.3 Å². The predicted octanol–water partition coefficient (Wildman–Crippen LogP) is 2.69. The van der Waals surface area contributed by atoms with Crippen LogP contribution in [0.15, 0.2) is 48.5 Å². The van der Waals surface area contributed by atoms with Crippen LogP contribution in [0.25, 0.3) is 0 Å². The summed E-state index contributed by atoms with van der Waals surface area (Å²) < 4.78 is 19.0. The Morgan fingerprint density at radius 3 is 2.81 bits per heavy atom. The van der Waals surface area contributed by atoms with E-state index in [-0.39, 0.29) is 24.2 Å². The quantitative estimate of drug-likeness (QED) is 0.830. The second-order valence-electron chi connectivity index (χ2n) is 6.13. The van der Waals surface area contributed by atoms with Gasteiger partial charge in [-0.05, 0) is 36.6 Å². The molecule has 0 aromatic heterocycles. The third kappa shape index (κ3) is 4.59. The molecule has 2 amide bonds. The third-order valence-corrected chi connectivity index (χ3v) is 4.25. The highest BCUT2D eigenvalue weighted by atomic mass is 19.1. The lowest BCUT2D eigenvalue weighted by atomic mass is 10.1. The largest absolute Gasteiger partial charge is 0.484 e. The molecule has 0 radical (unpaired) electrons. The topological polar surface area (TPSA) is 58.6 Å². The van der Waals surface area contributed by atoms with Gasteiger partial charge in [0.25, 0.3) is 5.91 Å². The van der Waals surface area contributed by atoms with E-state index in [2.05, 4.69) is 5.32 Å². The van der Waals surface area contributed by atoms with Crippen molar-refractivity contribution in [2.45, 2.75) is 19.3 Å². The van der Waals surface area contributed by atoms with Crippen molar-refractivity contribution in [3.8, 4) is 5.75 Å². The SMILES string of the molecule is O=C(COc1cccc(N2CCCC2=O)c1)NCCc1ccccc1F. The zero-order valence-electron chi connectivity index (χ0n) is 14.4. The molecule has 3 rings (SSSR count). The lowest BCUT2D eigenvalue weighted by Gasteiger charge is -2.16. The van der Waals surface area contributed by atoms with Crippen LogP contribution in [-0.2, 0) is 16.0 Å². The summed E-state index contributed by atoms with van der Waals surface area (Å²) in [5, 5.41) is 2.71. The van der Waals surface area contributed by atoms with E-state index in [4.69, 9.17) is 4.74 Å². The summed E-state index contributed by atoms with van der Waals surface area (Å²) in [4.78, 5) is 25.4. The molecule has 136 valence electrons. The normalized spacial score (nSPS) is 13.7. The minimum absolute atomic E-state index is 0.105. The molecule has 26 heavy (non-hydrogen) atoms. The number of hydrogen-bond acceptors (Lipinski definition) is 3. The smallest absolute Gasteiger partial charge is 0.257 e. The monoisotopic (exact) mass is 356 g/mol. The summed E-state index contributed by atoms with van der Waals surface area (Å²) in [6, 6.07) is 13.7. The van der Waals surface area contributed by atoms with E-state index >= 15 is 0 Å². The van der Waals surface area contributed by atoms with Crippen LogP contribution in [0.4, 0.5) is 10.1 Å². The summed E-state index contributed by atoms with van der Waals surface area (Å²) in [6.45, 7) is 0.916. The van der Waals surface area contributed by atoms with Gasteiger partial charge in [0.2, 0.25) is 5.91 Å². The summed E-state index contributed by atoms with van der Waals surface area (Å²) in [7, 11) is 0. The molecule has 0 bridgehead atoms. The Bertz CT molecular complexity index is 794. The van der Waals surface area contributed by atoms with Crippen LogP contribution in [-0.4, -0.2) is 31.5 Å². The molecular weight excluding hydrogens is 335 g/mol. The number of carbonyl (C=O) groups excluding carboxylic acids is 2. The van der Waals surface area contributed by atoms with Crippen LogP contribution in [0.3, 0.4) is 0 Å². The van der Waals surface area contributed by atoms with Gasteiger partial charge in [0, 0.05) is 31.3 Å². The summed E-state index contributed by atoms with van der Waals surface area (Å²) in [5.74, 6) is 0.0924. The zero-order valence-corrected chi connectivity index (χ0v) is 14.4. The van der Waals surface area contributed by atoms with Crippen molar-refractivity contribution in [1.82, 2.24) is 5.32 Å². The van der Waals surface area contributed by atoms with Gasteiger partial charge in [0.05, 0.1) is 0 Å². The van der Waals surface area contributed by atoms with E-state index in [0.29, 0.717) is 37.2 Å². The Morgan fingerprint density at radius 1 is 1.19 bits per heavy atom. The van der Waals surface area contributed by atoms with Crippen LogP contribution in [0.5, 0.6) is 5.75 Å². The van der Waals surface area contributed by atoms with Gasteiger partial charge in [-0.2, -0.15) is 0 Å². The highest BCUT2D eigenvalue weighted by Gasteiger charge is 2.21. The van der Waals surface area contributed by atoms with E-state index in [0.717, 1.165) is 12.1 Å². The molecule has 0 unspecified atom stereocenters. The van der Waals surface area contributed by atoms with Crippen molar-refractivity contribution < 1.29 is 18.7 Å². The minimum atomic E-state index is -0.274. The Morgan fingerprint density at radius 2 is 2.04 bits per heavy atom. The van der Waals surface area contributed by atoms with Gasteiger partial charge >= 0.3 is 0 Å². The molecule has 1 heterocycles. The zero-order chi connectivity index (χ0) is 18.4. The molecular formula is C20H21FN2O3. The highest BCUT2D eigenvalue weighted by molar-refractivity contribution is 5.95. The van der Waals surface area contributed by atoms with Crippen LogP contribution < -0.4 is 15.0 Å². The van der Waals surface area contributed by atoms with Gasteiger partial charge < -0.3 is 15.0 Å². The summed E-state index contributed by atoms with van der Waals surface area (Å²) in [6.07, 6.45) is 1.84. The van der Waals surface area contributed by atoms with Crippen molar-refractivity contribution in [2.75, 3.05) is 24.6 Å². The molecule has 1 N–H and O–H groups in total. The number of nitrogens with zero attached hydrogens (tertiary/aromatic N) is 1. The van der Waals surface area contributed by atoms with E-state index < -0.39 is 0 Å². The van der Waals surface area contributed by atoms with Crippen molar-refractivity contribution >= 4 is 17.5 Å². The van der Waals surface area contributed by atoms with Gasteiger partial charge in [-0.15, -0.1) is 0 Å². The number of halogens is 1. The lowest BCUT2D eigenvalue weighted by molar-refractivity contribution is -0.123. The fourth-order valence-electron chi connectivity index (χ4n) is 2.90. The second-order valence-corrected chi connectivity index (χ2v) is 6.13. The third-order valence-electron chi connectivity index (χ3n) is 4.25. The first kappa shape index (κ1) is 17.9. The summed E-state index contributed by atoms with van der Waals surface area (Å²) >= 11 is 0. The molecule has 6 heteroatoms. The van der Waals surface area contributed by atoms with Crippen molar-refractivity contribution in [3.05, 3.63) is 59.9 Å². The van der Waals surface area contributed by atoms with Crippen LogP contribution in [0.1, 0.15) is 18.4 Å². The number of carbonyl (C=O) groups is 2. The lowest BCUT2D eigenvalue weighted by Crippen LogP contribution is -2.30. The van der Waals surface area contributed by atoms with Gasteiger partial charge in [0.1, 0.15) is 11.6 Å². The first-order valence-corrected chi connectivity index (χ1v) is 8.67. The van der Waals surface area contributed by atoms with Crippen LogP contribution in [0.2, 0.25) is 0 Å². The van der Waals surface area contributed by atoms with Crippen LogP contribution >= 0.6 is 0 Å². The maximum absolute atomic E-state index is 13.5. The Hall–Kier alpha value is -2.89. The average molecular weight is 356 g/mol. The maximum atomic E-state index is 13.5. The Balaban J connectivity index is 1.46. The maximum Gasteiger partial charge on any atom is 0.257 e. The van der Waals surface area contributed by atoms with Gasteiger partial charge in [0.15, 0.2) is 6.61 Å². The molecule has 1 fully saturated rings. The standard InChI is InChI=1S/C20H21FN2O3/c21-18-8-2-1-5-15(18)10-11-22-19(24)14-26-17-7-3-6-16(13-17)23-12-4-9-20(23)25/h1-3,5-8,13H,4,9-12,14H2,(H,22,24). The molecule has 2 aromatic rings. The van der Waals surface area contributed by atoms with E-state index in [1.165, 1.54) is 6.07 Å². The number of ether oxygens (including phenoxy) is 1. The Labute approximate surface area is 151 Å². The first-order valence-electron chi connectivity index (χ1n) is 8.67. The fourth-order valence-corrected chi connectivity index (χ4v) is 2.90. The summed E-state index contributed by atoms with van der Waals surface area (Å²) in [5.41, 5.74) is 1.35. The highest BCUT2D eigenvalue weighted by Crippen LogP contribution is 2.25. The van der Waals surface area contributed by atoms with Gasteiger partial charge in [-0.25, -0.2) is 4.39 Å². The molecule has 0 spiro atoms. The molecule has 0 saturated carbocycles. The number of hydrogen-bond donors (Lipinski definition) is 1. The predicted molar refractivity (Wildman–Crippen MR) is 96.6 cm³/mol. The van der Waals surface area contributed by atoms with Gasteiger partial charge in [-0.3, -0.25) is 9.59 Å². The molecule has 0 aliphatic carbocycles. The van der Waals surface area contributed by atoms with Crippen molar-refractivity contribution in [2.24, 2.45) is 0 Å². The first-order chi connectivity index (χ1) is 12.6. The van der Waals surface area contributed by atoms with E-state index in [1.807, 2.05) is 6.07 Å². The molecule has 5 nitrogen and oxygen atoms in total. The molecule has 1 aliphatic rings. The number of anilines is 1. The van der Waals surface area contributed by atoms with Crippen molar-refractivity contribution in [3.63, 3.8) is 0 Å². The minimum Gasteiger partial charge on any atom is -0.484 e.